The Morgan fingerprint density at radius 1 is 0.903 bits per heavy atom. The van der Waals surface area contributed by atoms with Gasteiger partial charge in [-0.05, 0) is 42.2 Å². The Hall–Kier alpha value is -3.31. The molecule has 0 aliphatic carbocycles. The van der Waals surface area contributed by atoms with Crippen molar-refractivity contribution in [3.05, 3.63) is 117 Å². The van der Waals surface area contributed by atoms with Crippen LogP contribution in [0, 0.1) is 13.8 Å². The van der Waals surface area contributed by atoms with Crippen LogP contribution in [0.1, 0.15) is 42.6 Å². The number of benzene rings is 2. The zero-order valence-electron chi connectivity index (χ0n) is 17.8. The molecule has 31 heavy (non-hydrogen) atoms. The van der Waals surface area contributed by atoms with Crippen LogP contribution in [0.5, 0.6) is 0 Å². The molecule has 2 aromatic heterocycles. The highest BCUT2D eigenvalue weighted by Gasteiger charge is 2.23. The van der Waals surface area contributed by atoms with Crippen LogP contribution < -0.4 is 0 Å². The van der Waals surface area contributed by atoms with Gasteiger partial charge in [-0.1, -0.05) is 60.7 Å². The van der Waals surface area contributed by atoms with E-state index in [1.165, 1.54) is 22.5 Å². The van der Waals surface area contributed by atoms with Gasteiger partial charge < -0.3 is 4.90 Å². The highest BCUT2D eigenvalue weighted by molar-refractivity contribution is 7.13. The summed E-state index contributed by atoms with van der Waals surface area (Å²) in [6.45, 7) is 5.06. The molecule has 0 saturated carbocycles. The third-order valence-electron chi connectivity index (χ3n) is 5.24. The number of amides is 1. The number of nitrogens with zero attached hydrogens (tertiary/aromatic N) is 3. The number of rotatable bonds is 7. The molecule has 0 spiro atoms. The van der Waals surface area contributed by atoms with Crippen LogP contribution in [0.15, 0.2) is 79.1 Å². The van der Waals surface area contributed by atoms with E-state index in [2.05, 4.69) is 36.2 Å². The van der Waals surface area contributed by atoms with Crippen LogP contribution in [-0.2, 0) is 19.5 Å². The number of hydrogen-bond acceptors (Lipinski definition) is 4. The molecule has 156 valence electrons. The minimum absolute atomic E-state index is 0.0152. The molecule has 4 nitrogen and oxygen atoms in total. The Morgan fingerprint density at radius 3 is 2.39 bits per heavy atom. The molecule has 2 heterocycles. The number of thiazole rings is 1. The van der Waals surface area contributed by atoms with E-state index in [4.69, 9.17) is 4.98 Å². The Morgan fingerprint density at radius 2 is 1.65 bits per heavy atom. The zero-order valence-corrected chi connectivity index (χ0v) is 18.6. The Labute approximate surface area is 187 Å². The fourth-order valence-corrected chi connectivity index (χ4v) is 4.61. The summed E-state index contributed by atoms with van der Waals surface area (Å²) in [5.41, 5.74) is 5.32. The summed E-state index contributed by atoms with van der Waals surface area (Å²) in [6.07, 6.45) is 4.30. The van der Waals surface area contributed by atoms with E-state index in [0.29, 0.717) is 18.0 Å². The lowest BCUT2D eigenvalue weighted by Crippen LogP contribution is -2.30. The standard InChI is InChI=1S/C26H25N3OS/c1-19-9-6-7-13-23(19)18-29(17-22-12-8-14-27-16-22)26(30)25-20(2)28-24(31-25)15-21-10-4-3-5-11-21/h3-14,16H,15,17-18H2,1-2H3. The highest BCUT2D eigenvalue weighted by atomic mass is 32.1. The number of aromatic nitrogens is 2. The molecule has 0 radical (unpaired) electrons. The Bertz CT molecular complexity index is 1160. The van der Waals surface area contributed by atoms with Crippen molar-refractivity contribution in [2.45, 2.75) is 33.4 Å². The Kier molecular flexibility index (Phi) is 6.53. The molecular weight excluding hydrogens is 402 g/mol. The van der Waals surface area contributed by atoms with Gasteiger partial charge in [0, 0.05) is 31.9 Å². The molecule has 0 saturated heterocycles. The van der Waals surface area contributed by atoms with E-state index in [1.807, 2.05) is 60.5 Å². The molecular formula is C26H25N3OS. The van der Waals surface area contributed by atoms with Crippen molar-refractivity contribution in [3.8, 4) is 0 Å². The SMILES string of the molecule is Cc1ccccc1CN(Cc1cccnc1)C(=O)c1sc(Cc2ccccc2)nc1C. The maximum atomic E-state index is 13.6. The van der Waals surface area contributed by atoms with E-state index >= 15 is 0 Å². The number of hydrogen-bond donors (Lipinski definition) is 0. The maximum absolute atomic E-state index is 13.6. The lowest BCUT2D eigenvalue weighted by atomic mass is 10.1. The molecule has 5 heteroatoms. The molecule has 0 N–H and O–H groups in total. The topological polar surface area (TPSA) is 46.1 Å². The molecule has 0 atom stereocenters. The summed E-state index contributed by atoms with van der Waals surface area (Å²) in [4.78, 5) is 25.1. The Balaban J connectivity index is 1.61. The maximum Gasteiger partial charge on any atom is 0.266 e. The monoisotopic (exact) mass is 427 g/mol. The largest absolute Gasteiger partial charge is 0.329 e. The van der Waals surface area contributed by atoms with E-state index in [1.54, 1.807) is 6.20 Å². The van der Waals surface area contributed by atoms with E-state index < -0.39 is 0 Å². The fraction of sp³-hybridized carbons (Fsp3) is 0.192. The molecule has 0 aliphatic rings. The van der Waals surface area contributed by atoms with Crippen molar-refractivity contribution in [1.82, 2.24) is 14.9 Å². The van der Waals surface area contributed by atoms with Crippen LogP contribution in [0.3, 0.4) is 0 Å². The molecule has 1 amide bonds. The van der Waals surface area contributed by atoms with Gasteiger partial charge in [0.05, 0.1) is 10.7 Å². The van der Waals surface area contributed by atoms with Crippen LogP contribution in [0.2, 0.25) is 0 Å². The molecule has 0 bridgehead atoms. The van der Waals surface area contributed by atoms with Crippen LogP contribution in [-0.4, -0.2) is 20.8 Å². The average molecular weight is 428 g/mol. The lowest BCUT2D eigenvalue weighted by Gasteiger charge is -2.23. The summed E-state index contributed by atoms with van der Waals surface area (Å²) < 4.78 is 0. The summed E-state index contributed by atoms with van der Waals surface area (Å²) in [5, 5.41) is 0.962. The molecule has 0 fully saturated rings. The van der Waals surface area contributed by atoms with Gasteiger partial charge >= 0.3 is 0 Å². The van der Waals surface area contributed by atoms with Crippen molar-refractivity contribution in [2.75, 3.05) is 0 Å². The van der Waals surface area contributed by atoms with Crippen molar-refractivity contribution in [2.24, 2.45) is 0 Å². The van der Waals surface area contributed by atoms with Gasteiger partial charge in [-0.25, -0.2) is 4.98 Å². The second-order valence-corrected chi connectivity index (χ2v) is 8.72. The quantitative estimate of drug-likeness (QED) is 0.386. The summed E-state index contributed by atoms with van der Waals surface area (Å²) >= 11 is 1.50. The van der Waals surface area contributed by atoms with Gasteiger partial charge in [-0.3, -0.25) is 9.78 Å². The first kappa shape index (κ1) is 20.9. The van der Waals surface area contributed by atoms with Gasteiger partial charge in [-0.2, -0.15) is 0 Å². The zero-order chi connectivity index (χ0) is 21.6. The second-order valence-electron chi connectivity index (χ2n) is 7.63. The predicted molar refractivity (Wildman–Crippen MR) is 125 cm³/mol. The third-order valence-corrected chi connectivity index (χ3v) is 6.38. The first-order valence-electron chi connectivity index (χ1n) is 10.3. The van der Waals surface area contributed by atoms with Crippen molar-refractivity contribution in [1.29, 1.82) is 0 Å². The fourth-order valence-electron chi connectivity index (χ4n) is 3.55. The van der Waals surface area contributed by atoms with Crippen LogP contribution in [0.25, 0.3) is 0 Å². The molecule has 0 aliphatic heterocycles. The number of carbonyl (C=O) groups is 1. The van der Waals surface area contributed by atoms with Crippen molar-refractivity contribution >= 4 is 17.2 Å². The van der Waals surface area contributed by atoms with E-state index in [9.17, 15) is 4.79 Å². The van der Waals surface area contributed by atoms with Gasteiger partial charge in [0.2, 0.25) is 0 Å². The summed E-state index contributed by atoms with van der Waals surface area (Å²) in [6, 6.07) is 22.4. The number of pyridine rings is 1. The van der Waals surface area contributed by atoms with Gasteiger partial charge in [0.15, 0.2) is 0 Å². The summed E-state index contributed by atoms with van der Waals surface area (Å²) in [5.74, 6) is 0.0152. The minimum atomic E-state index is 0.0152. The molecule has 4 aromatic rings. The van der Waals surface area contributed by atoms with E-state index in [-0.39, 0.29) is 5.91 Å². The van der Waals surface area contributed by atoms with Crippen molar-refractivity contribution in [3.63, 3.8) is 0 Å². The average Bonchev–Trinajstić information content (AvgIpc) is 3.15. The predicted octanol–water partition coefficient (Wildman–Crippen LogP) is 5.59. The molecule has 2 aromatic carbocycles. The first-order chi connectivity index (χ1) is 15.1. The third kappa shape index (κ3) is 5.25. The van der Waals surface area contributed by atoms with Gasteiger partial charge in [-0.15, -0.1) is 11.3 Å². The smallest absolute Gasteiger partial charge is 0.266 e. The number of carbonyl (C=O) groups excluding carboxylic acids is 1. The summed E-state index contributed by atoms with van der Waals surface area (Å²) in [7, 11) is 0. The van der Waals surface area contributed by atoms with Crippen molar-refractivity contribution < 1.29 is 4.79 Å². The normalized spacial score (nSPS) is 10.8. The number of aryl methyl sites for hydroxylation is 2. The van der Waals surface area contributed by atoms with Crippen LogP contribution in [0.4, 0.5) is 0 Å². The lowest BCUT2D eigenvalue weighted by molar-refractivity contribution is 0.0733. The second kappa shape index (κ2) is 9.67. The molecule has 4 rings (SSSR count). The molecule has 0 unspecified atom stereocenters. The van der Waals surface area contributed by atoms with Gasteiger partial charge in [0.25, 0.3) is 5.91 Å². The van der Waals surface area contributed by atoms with Crippen LogP contribution >= 0.6 is 11.3 Å². The van der Waals surface area contributed by atoms with Gasteiger partial charge in [0.1, 0.15) is 4.88 Å². The first-order valence-corrected chi connectivity index (χ1v) is 11.1. The minimum Gasteiger partial charge on any atom is -0.329 e. The van der Waals surface area contributed by atoms with E-state index in [0.717, 1.165) is 28.2 Å². The highest BCUT2D eigenvalue weighted by Crippen LogP contribution is 2.24.